The third-order valence-electron chi connectivity index (χ3n) is 5.83. The van der Waals surface area contributed by atoms with Crippen LogP contribution in [0.15, 0.2) is 40.2 Å². The number of fused-ring (bicyclic) bond motifs is 1. The van der Waals surface area contributed by atoms with Crippen molar-refractivity contribution in [3.63, 3.8) is 0 Å². The Labute approximate surface area is 183 Å². The van der Waals surface area contributed by atoms with Gasteiger partial charge in [0.25, 0.3) is 0 Å². The highest BCUT2D eigenvalue weighted by atomic mass is 32.2. The van der Waals surface area contributed by atoms with E-state index in [1.54, 1.807) is 11.9 Å². The van der Waals surface area contributed by atoms with Gasteiger partial charge in [-0.2, -0.15) is 4.98 Å². The number of rotatable bonds is 9. The molecule has 0 atom stereocenters. The Bertz CT molecular complexity index is 909. The number of hydrogen-bond acceptors (Lipinski definition) is 5. The van der Waals surface area contributed by atoms with E-state index in [1.807, 2.05) is 34.9 Å². The molecular weight excluding hydrogens is 396 g/mol. The molecule has 1 aromatic carbocycles. The molecule has 0 aliphatic heterocycles. The molecule has 1 aliphatic carbocycles. The minimum absolute atomic E-state index is 0.00303. The van der Waals surface area contributed by atoms with Gasteiger partial charge in [0.1, 0.15) is 5.03 Å². The summed E-state index contributed by atoms with van der Waals surface area (Å²) in [6, 6.07) is 9.60. The first kappa shape index (κ1) is 22.6. The number of benzene rings is 1. The van der Waals surface area contributed by atoms with E-state index in [1.165, 1.54) is 17.3 Å². The lowest BCUT2D eigenvalue weighted by atomic mass is 9.97. The van der Waals surface area contributed by atoms with Gasteiger partial charge < -0.3 is 9.80 Å². The zero-order chi connectivity index (χ0) is 21.5. The Balaban J connectivity index is 1.76. The average Bonchev–Trinajstić information content (AvgIpc) is 2.79. The summed E-state index contributed by atoms with van der Waals surface area (Å²) >= 11 is 1.40. The van der Waals surface area contributed by atoms with Gasteiger partial charge in [0.2, 0.25) is 5.91 Å². The van der Waals surface area contributed by atoms with Crippen molar-refractivity contribution in [2.45, 2.75) is 51.1 Å². The number of carbonyl (C=O) groups excluding carboxylic acids is 1. The van der Waals surface area contributed by atoms with Crippen LogP contribution in [-0.2, 0) is 24.2 Å². The van der Waals surface area contributed by atoms with Crippen LogP contribution in [0.2, 0.25) is 0 Å². The van der Waals surface area contributed by atoms with Crippen molar-refractivity contribution in [3.05, 3.63) is 52.1 Å². The van der Waals surface area contributed by atoms with E-state index in [4.69, 9.17) is 0 Å². The first-order chi connectivity index (χ1) is 14.5. The second-order valence-corrected chi connectivity index (χ2v) is 8.55. The number of nitrogens with zero attached hydrogens (tertiary/aromatic N) is 4. The first-order valence-electron chi connectivity index (χ1n) is 10.8. The number of carbonyl (C=O) groups is 1. The Morgan fingerprint density at radius 1 is 1.13 bits per heavy atom. The van der Waals surface area contributed by atoms with E-state index in [9.17, 15) is 9.59 Å². The Morgan fingerprint density at radius 2 is 1.83 bits per heavy atom. The van der Waals surface area contributed by atoms with Crippen molar-refractivity contribution in [2.24, 2.45) is 0 Å². The topological polar surface area (TPSA) is 58.4 Å². The number of likely N-dealkylation sites (N-methyl/N-ethyl adjacent to an activating group) is 1. The molecule has 1 amide bonds. The molecule has 1 aromatic heterocycles. The average molecular weight is 429 g/mol. The molecule has 0 saturated heterocycles. The van der Waals surface area contributed by atoms with Crippen LogP contribution in [0.25, 0.3) is 0 Å². The van der Waals surface area contributed by atoms with Crippen molar-refractivity contribution >= 4 is 23.4 Å². The normalized spacial score (nSPS) is 13.3. The van der Waals surface area contributed by atoms with Crippen molar-refractivity contribution in [1.82, 2.24) is 14.5 Å². The molecular formula is C23H32N4O2S. The maximum Gasteiger partial charge on any atom is 0.348 e. The standard InChI is InChI=1S/C23H32N4O2S/c1-4-26(5-2)15-16-27-20-14-10-9-13-19(20)22(24-23(27)29)30-17-21(28)25(3)18-11-7-6-8-12-18/h6-8,11-12H,4-5,9-10,13-17H2,1-3H3. The minimum atomic E-state index is -0.186. The van der Waals surface area contributed by atoms with Gasteiger partial charge >= 0.3 is 5.69 Å². The second-order valence-electron chi connectivity index (χ2n) is 7.59. The lowest BCUT2D eigenvalue weighted by molar-refractivity contribution is -0.115. The summed E-state index contributed by atoms with van der Waals surface area (Å²) in [5.74, 6) is 0.275. The highest BCUT2D eigenvalue weighted by Crippen LogP contribution is 2.29. The van der Waals surface area contributed by atoms with Crippen LogP contribution in [0, 0.1) is 0 Å². The van der Waals surface area contributed by atoms with Crippen LogP contribution >= 0.6 is 11.8 Å². The van der Waals surface area contributed by atoms with Gasteiger partial charge in [-0.05, 0) is 50.9 Å². The Hall–Kier alpha value is -2.12. The van der Waals surface area contributed by atoms with Gasteiger partial charge in [0, 0.05) is 37.1 Å². The molecule has 0 N–H and O–H groups in total. The maximum absolute atomic E-state index is 12.8. The van der Waals surface area contributed by atoms with Gasteiger partial charge in [-0.25, -0.2) is 4.79 Å². The monoisotopic (exact) mass is 428 g/mol. The first-order valence-corrected chi connectivity index (χ1v) is 11.8. The SMILES string of the molecule is CCN(CC)CCn1c2c(c(SCC(=O)N(C)c3ccccc3)nc1=O)CCCC2. The number of aromatic nitrogens is 2. The Morgan fingerprint density at radius 3 is 2.53 bits per heavy atom. The lowest BCUT2D eigenvalue weighted by Crippen LogP contribution is -2.35. The van der Waals surface area contributed by atoms with Crippen molar-refractivity contribution in [1.29, 1.82) is 0 Å². The lowest BCUT2D eigenvalue weighted by Gasteiger charge is -2.25. The summed E-state index contributed by atoms with van der Waals surface area (Å²) in [4.78, 5) is 33.9. The molecule has 3 rings (SSSR count). The van der Waals surface area contributed by atoms with Crippen LogP contribution < -0.4 is 10.6 Å². The molecule has 2 aromatic rings. The summed E-state index contributed by atoms with van der Waals surface area (Å²) in [7, 11) is 1.78. The largest absolute Gasteiger partial charge is 0.348 e. The predicted octanol–water partition coefficient (Wildman–Crippen LogP) is 3.22. The molecule has 0 saturated carbocycles. The zero-order valence-corrected chi connectivity index (χ0v) is 19.1. The fourth-order valence-corrected chi connectivity index (χ4v) is 4.89. The highest BCUT2D eigenvalue weighted by Gasteiger charge is 2.22. The molecule has 6 nitrogen and oxygen atoms in total. The summed E-state index contributed by atoms with van der Waals surface area (Å²) in [6.07, 6.45) is 4.05. The smallest absolute Gasteiger partial charge is 0.315 e. The molecule has 1 heterocycles. The second kappa shape index (κ2) is 10.8. The molecule has 0 fully saturated rings. The summed E-state index contributed by atoms with van der Waals surface area (Å²) in [5.41, 5.74) is 2.97. The van der Waals surface area contributed by atoms with Gasteiger partial charge in [0.15, 0.2) is 0 Å². The summed E-state index contributed by atoms with van der Waals surface area (Å²) in [5, 5.41) is 0.739. The predicted molar refractivity (Wildman–Crippen MR) is 124 cm³/mol. The molecule has 162 valence electrons. The number of anilines is 1. The highest BCUT2D eigenvalue weighted by molar-refractivity contribution is 8.00. The number of para-hydroxylation sites is 1. The van der Waals surface area contributed by atoms with E-state index in [0.717, 1.165) is 61.7 Å². The molecule has 0 bridgehead atoms. The van der Waals surface area contributed by atoms with Crippen molar-refractivity contribution in [3.8, 4) is 0 Å². The molecule has 0 radical (unpaired) electrons. The van der Waals surface area contributed by atoms with E-state index in [-0.39, 0.29) is 17.3 Å². The van der Waals surface area contributed by atoms with Gasteiger partial charge in [-0.3, -0.25) is 9.36 Å². The van der Waals surface area contributed by atoms with Crippen LogP contribution in [0.5, 0.6) is 0 Å². The van der Waals surface area contributed by atoms with Crippen LogP contribution in [0.1, 0.15) is 37.9 Å². The number of hydrogen-bond donors (Lipinski definition) is 0. The van der Waals surface area contributed by atoms with Gasteiger partial charge in [0.05, 0.1) is 5.75 Å². The summed E-state index contributed by atoms with van der Waals surface area (Å²) in [6.45, 7) is 7.77. The van der Waals surface area contributed by atoms with Crippen LogP contribution in [0.4, 0.5) is 5.69 Å². The van der Waals surface area contributed by atoms with Crippen molar-refractivity contribution in [2.75, 3.05) is 37.3 Å². The van der Waals surface area contributed by atoms with Crippen LogP contribution in [0.3, 0.4) is 0 Å². The molecule has 7 heteroatoms. The molecule has 0 unspecified atom stereocenters. The molecule has 1 aliphatic rings. The third kappa shape index (κ3) is 5.32. The zero-order valence-electron chi connectivity index (χ0n) is 18.3. The number of amides is 1. The van der Waals surface area contributed by atoms with E-state index in [2.05, 4.69) is 23.7 Å². The van der Waals surface area contributed by atoms with Crippen LogP contribution in [-0.4, -0.2) is 52.8 Å². The van der Waals surface area contributed by atoms with Gasteiger partial charge in [-0.1, -0.05) is 43.8 Å². The summed E-state index contributed by atoms with van der Waals surface area (Å²) < 4.78 is 1.87. The molecule has 0 spiro atoms. The molecule has 30 heavy (non-hydrogen) atoms. The quantitative estimate of drug-likeness (QED) is 0.453. The van der Waals surface area contributed by atoms with Gasteiger partial charge in [-0.15, -0.1) is 0 Å². The maximum atomic E-state index is 12.8. The van der Waals surface area contributed by atoms with E-state index in [0.29, 0.717) is 6.54 Å². The third-order valence-corrected chi connectivity index (χ3v) is 6.84. The van der Waals surface area contributed by atoms with E-state index >= 15 is 0 Å². The fraction of sp³-hybridized carbons (Fsp3) is 0.522. The van der Waals surface area contributed by atoms with Crippen molar-refractivity contribution < 1.29 is 4.79 Å². The van der Waals surface area contributed by atoms with E-state index < -0.39 is 0 Å². The number of thioether (sulfide) groups is 1. The fourth-order valence-electron chi connectivity index (χ4n) is 3.90. The minimum Gasteiger partial charge on any atom is -0.315 e. The Kier molecular flexibility index (Phi) is 8.10.